The molecule has 2 aromatic carbocycles. The average Bonchev–Trinajstić information content (AvgIpc) is 3.19. The minimum absolute atomic E-state index is 0.0585. The van der Waals surface area contributed by atoms with Crippen LogP contribution in [-0.4, -0.2) is 26.4 Å². The largest absolute Gasteiger partial charge is 0.486 e. The molecule has 0 radical (unpaired) electrons. The normalized spacial score (nSPS) is 11.3. The van der Waals surface area contributed by atoms with Crippen LogP contribution in [0.25, 0.3) is 0 Å². The molecule has 8 heteroatoms. The summed E-state index contributed by atoms with van der Waals surface area (Å²) in [5, 5.41) is 12.3. The molecular formula is C25H31IN4O2S. The molecule has 0 aliphatic rings. The first-order chi connectivity index (χ1) is 15.8. The number of carbonyl (C=O) groups excluding carboxylic acids is 1. The predicted octanol–water partition coefficient (Wildman–Crippen LogP) is 6.46. The van der Waals surface area contributed by atoms with Gasteiger partial charge in [0.05, 0.1) is 5.75 Å². The lowest BCUT2D eigenvalue weighted by atomic mass is 10.0. The summed E-state index contributed by atoms with van der Waals surface area (Å²) >= 11 is 3.68. The van der Waals surface area contributed by atoms with Crippen LogP contribution in [0.5, 0.6) is 5.75 Å². The smallest absolute Gasteiger partial charge is 0.234 e. The van der Waals surface area contributed by atoms with Crippen molar-refractivity contribution in [3.63, 3.8) is 0 Å². The third-order valence-corrected chi connectivity index (χ3v) is 6.90. The molecule has 6 nitrogen and oxygen atoms in total. The summed E-state index contributed by atoms with van der Waals surface area (Å²) in [6.45, 7) is 11.7. The van der Waals surface area contributed by atoms with Crippen molar-refractivity contribution < 1.29 is 9.53 Å². The van der Waals surface area contributed by atoms with E-state index in [0.717, 1.165) is 26.4 Å². The third kappa shape index (κ3) is 6.96. The minimum Gasteiger partial charge on any atom is -0.486 e. The highest BCUT2D eigenvalue weighted by atomic mass is 127. The fourth-order valence-electron chi connectivity index (χ4n) is 3.39. The number of anilines is 1. The number of nitrogens with zero attached hydrogens (tertiary/aromatic N) is 3. The Kier molecular flexibility index (Phi) is 9.19. The van der Waals surface area contributed by atoms with Gasteiger partial charge >= 0.3 is 0 Å². The first-order valence-electron chi connectivity index (χ1n) is 11.1. The van der Waals surface area contributed by atoms with E-state index < -0.39 is 0 Å². The number of carbonyl (C=O) groups is 1. The summed E-state index contributed by atoms with van der Waals surface area (Å²) in [6, 6.07) is 14.2. The molecule has 0 fully saturated rings. The summed E-state index contributed by atoms with van der Waals surface area (Å²) in [4.78, 5) is 12.6. The number of nitrogens with one attached hydrogen (secondary N) is 1. The van der Waals surface area contributed by atoms with Gasteiger partial charge in [-0.1, -0.05) is 51.6 Å². The predicted molar refractivity (Wildman–Crippen MR) is 143 cm³/mol. The Morgan fingerprint density at radius 3 is 2.45 bits per heavy atom. The third-order valence-electron chi connectivity index (χ3n) is 5.27. The fourth-order valence-corrected chi connectivity index (χ4v) is 4.73. The molecule has 1 amide bonds. The number of aromatic nitrogens is 3. The van der Waals surface area contributed by atoms with Gasteiger partial charge in [0.15, 0.2) is 11.0 Å². The van der Waals surface area contributed by atoms with E-state index in [4.69, 9.17) is 4.74 Å². The van der Waals surface area contributed by atoms with Crippen LogP contribution in [0.1, 0.15) is 63.4 Å². The molecule has 0 saturated heterocycles. The van der Waals surface area contributed by atoms with Crippen LogP contribution >= 0.6 is 34.4 Å². The van der Waals surface area contributed by atoms with Crippen LogP contribution in [0.2, 0.25) is 0 Å². The van der Waals surface area contributed by atoms with Gasteiger partial charge in [-0.15, -0.1) is 10.2 Å². The fraction of sp³-hybridized carbons (Fsp3) is 0.400. The number of rotatable bonds is 10. The van der Waals surface area contributed by atoms with E-state index in [1.807, 2.05) is 35.8 Å². The maximum Gasteiger partial charge on any atom is 0.234 e. The second-order valence-corrected chi connectivity index (χ2v) is 10.6. The topological polar surface area (TPSA) is 69.0 Å². The number of ether oxygens (including phenoxy) is 1. The molecule has 0 atom stereocenters. The molecular weight excluding hydrogens is 547 g/mol. The van der Waals surface area contributed by atoms with Gasteiger partial charge in [0.25, 0.3) is 0 Å². The van der Waals surface area contributed by atoms with Gasteiger partial charge in [-0.25, -0.2) is 0 Å². The van der Waals surface area contributed by atoms with Gasteiger partial charge < -0.3 is 14.6 Å². The monoisotopic (exact) mass is 578 g/mol. The summed E-state index contributed by atoms with van der Waals surface area (Å²) in [7, 11) is 0. The quantitative estimate of drug-likeness (QED) is 0.221. The molecule has 0 aliphatic heterocycles. The van der Waals surface area contributed by atoms with Crippen LogP contribution in [0.3, 0.4) is 0 Å². The lowest BCUT2D eigenvalue weighted by Crippen LogP contribution is -2.16. The summed E-state index contributed by atoms with van der Waals surface area (Å²) in [5.74, 6) is 2.57. The Labute approximate surface area is 214 Å². The number of amides is 1. The zero-order valence-electron chi connectivity index (χ0n) is 19.8. The Bertz CT molecular complexity index is 1080. The molecule has 1 N–H and O–H groups in total. The molecule has 176 valence electrons. The second-order valence-electron chi connectivity index (χ2n) is 8.38. The Balaban J connectivity index is 1.59. The van der Waals surface area contributed by atoms with Crippen LogP contribution in [-0.2, 0) is 17.9 Å². The maximum atomic E-state index is 12.6. The molecule has 3 aromatic rings. The van der Waals surface area contributed by atoms with E-state index in [9.17, 15) is 4.79 Å². The van der Waals surface area contributed by atoms with E-state index >= 15 is 0 Å². The highest BCUT2D eigenvalue weighted by molar-refractivity contribution is 14.1. The van der Waals surface area contributed by atoms with Crippen molar-refractivity contribution in [3.8, 4) is 5.75 Å². The van der Waals surface area contributed by atoms with Gasteiger partial charge in [-0.05, 0) is 82.8 Å². The number of thioether (sulfide) groups is 1. The van der Waals surface area contributed by atoms with E-state index in [2.05, 4.69) is 84.0 Å². The zero-order chi connectivity index (χ0) is 24.0. The standard InChI is InChI=1S/C25H31IN4O2S/c1-6-30-23(14-32-20-10-7-18(8-11-20)16(2)3)28-29-25(30)33-15-24(31)27-22-12-9-19(26)13-21(22)17(4)5/h7-13,16-17H,6,14-15H2,1-5H3,(H,27,31). The van der Waals surface area contributed by atoms with Gasteiger partial charge in [0.2, 0.25) is 5.91 Å². The molecule has 1 heterocycles. The van der Waals surface area contributed by atoms with E-state index in [0.29, 0.717) is 30.1 Å². The average molecular weight is 579 g/mol. The molecule has 3 rings (SSSR count). The van der Waals surface area contributed by atoms with Crippen LogP contribution < -0.4 is 10.1 Å². The Morgan fingerprint density at radius 2 is 1.82 bits per heavy atom. The van der Waals surface area contributed by atoms with Crippen molar-refractivity contribution in [3.05, 3.63) is 63.0 Å². The van der Waals surface area contributed by atoms with Crippen molar-refractivity contribution in [2.75, 3.05) is 11.1 Å². The van der Waals surface area contributed by atoms with Crippen molar-refractivity contribution in [2.45, 2.75) is 64.8 Å². The van der Waals surface area contributed by atoms with Gasteiger partial charge in [-0.3, -0.25) is 4.79 Å². The highest BCUT2D eigenvalue weighted by Crippen LogP contribution is 2.27. The van der Waals surface area contributed by atoms with Crippen molar-refractivity contribution in [1.82, 2.24) is 14.8 Å². The van der Waals surface area contributed by atoms with Crippen molar-refractivity contribution >= 4 is 45.9 Å². The van der Waals surface area contributed by atoms with E-state index in [1.165, 1.54) is 17.3 Å². The number of hydrogen-bond acceptors (Lipinski definition) is 5. The summed E-state index contributed by atoms with van der Waals surface area (Å²) < 4.78 is 9.07. The van der Waals surface area contributed by atoms with Crippen molar-refractivity contribution in [2.24, 2.45) is 0 Å². The van der Waals surface area contributed by atoms with E-state index in [-0.39, 0.29) is 11.7 Å². The first-order valence-corrected chi connectivity index (χ1v) is 13.2. The Hall–Kier alpha value is -2.07. The lowest BCUT2D eigenvalue weighted by Gasteiger charge is -2.14. The molecule has 0 unspecified atom stereocenters. The first kappa shape index (κ1) is 25.6. The van der Waals surface area contributed by atoms with Crippen molar-refractivity contribution in [1.29, 1.82) is 0 Å². The van der Waals surface area contributed by atoms with Crippen LogP contribution in [0.4, 0.5) is 5.69 Å². The van der Waals surface area contributed by atoms with Gasteiger partial charge in [-0.2, -0.15) is 0 Å². The van der Waals surface area contributed by atoms with Gasteiger partial charge in [0.1, 0.15) is 12.4 Å². The zero-order valence-corrected chi connectivity index (χ0v) is 22.7. The number of hydrogen-bond donors (Lipinski definition) is 1. The van der Waals surface area contributed by atoms with Crippen LogP contribution in [0, 0.1) is 3.57 Å². The second kappa shape index (κ2) is 11.9. The maximum absolute atomic E-state index is 12.6. The van der Waals surface area contributed by atoms with Gasteiger partial charge in [0, 0.05) is 15.8 Å². The van der Waals surface area contributed by atoms with Crippen LogP contribution in [0.15, 0.2) is 47.6 Å². The summed E-state index contributed by atoms with van der Waals surface area (Å²) in [6.07, 6.45) is 0. The Morgan fingerprint density at radius 1 is 1.09 bits per heavy atom. The number of halogens is 1. The van der Waals surface area contributed by atoms with E-state index in [1.54, 1.807) is 0 Å². The molecule has 0 aliphatic carbocycles. The molecule has 0 saturated carbocycles. The molecule has 0 bridgehead atoms. The highest BCUT2D eigenvalue weighted by Gasteiger charge is 2.15. The lowest BCUT2D eigenvalue weighted by molar-refractivity contribution is -0.113. The molecule has 33 heavy (non-hydrogen) atoms. The minimum atomic E-state index is -0.0585. The SMILES string of the molecule is CCn1c(COc2ccc(C(C)C)cc2)nnc1SCC(=O)Nc1ccc(I)cc1C(C)C. The molecule has 0 spiro atoms. The number of benzene rings is 2. The molecule has 1 aromatic heterocycles. The summed E-state index contributed by atoms with van der Waals surface area (Å²) in [5.41, 5.74) is 3.28.